The Kier molecular flexibility index (Phi) is 5.95. The molecule has 5 nitrogen and oxygen atoms in total. The summed E-state index contributed by atoms with van der Waals surface area (Å²) >= 11 is 1.64. The predicted octanol–water partition coefficient (Wildman–Crippen LogP) is 0.972. The Morgan fingerprint density at radius 2 is 2.45 bits per heavy atom. The molecule has 2 heterocycles. The number of nitrogens with one attached hydrogen (secondary N) is 1. The Bertz CT molecular complexity index is 488. The van der Waals surface area contributed by atoms with Crippen molar-refractivity contribution in [2.24, 2.45) is 11.8 Å². The van der Waals surface area contributed by atoms with Crippen LogP contribution in [0.15, 0.2) is 11.6 Å². The van der Waals surface area contributed by atoms with E-state index >= 15 is 0 Å². The lowest BCUT2D eigenvalue weighted by atomic mass is 9.89. The Morgan fingerprint density at radius 1 is 1.60 bits per heavy atom. The Hall–Kier alpha value is -0.500. The lowest BCUT2D eigenvalue weighted by Gasteiger charge is -2.22. The summed E-state index contributed by atoms with van der Waals surface area (Å²) in [5, 5.41) is 6.42. The van der Waals surface area contributed by atoms with Crippen molar-refractivity contribution in [1.29, 1.82) is 0 Å². The fourth-order valence-corrected chi connectivity index (χ4v) is 5.27. The number of aromatic nitrogens is 1. The number of nitrogens with zero attached hydrogens (tertiary/aromatic N) is 1. The van der Waals surface area contributed by atoms with E-state index in [4.69, 9.17) is 4.74 Å². The highest BCUT2D eigenvalue weighted by Gasteiger charge is 2.33. The Labute approximate surface area is 124 Å². The maximum absolute atomic E-state index is 11.7. The second-order valence-electron chi connectivity index (χ2n) is 5.25. The largest absolute Gasteiger partial charge is 0.383 e. The van der Waals surface area contributed by atoms with Gasteiger partial charge in [-0.05, 0) is 24.8 Å². The first kappa shape index (κ1) is 15.9. The van der Waals surface area contributed by atoms with E-state index in [0.29, 0.717) is 24.0 Å². The molecule has 0 aromatic carbocycles. The second-order valence-corrected chi connectivity index (χ2v) is 8.46. The normalized spacial score (nSPS) is 22.9. The fourth-order valence-electron chi connectivity index (χ4n) is 2.64. The van der Waals surface area contributed by atoms with Crippen LogP contribution in [-0.4, -0.2) is 51.7 Å². The number of thiazole rings is 1. The van der Waals surface area contributed by atoms with Crippen LogP contribution in [0.3, 0.4) is 0 Å². The van der Waals surface area contributed by atoms with Gasteiger partial charge in [-0.15, -0.1) is 11.3 Å². The summed E-state index contributed by atoms with van der Waals surface area (Å²) < 4.78 is 28.4. The molecule has 0 aliphatic carbocycles. The molecule has 2 rings (SSSR count). The van der Waals surface area contributed by atoms with Crippen LogP contribution in [0.4, 0.5) is 0 Å². The van der Waals surface area contributed by atoms with Gasteiger partial charge in [-0.3, -0.25) is 0 Å². The number of hydrogen-bond donors (Lipinski definition) is 1. The zero-order valence-corrected chi connectivity index (χ0v) is 13.4. The van der Waals surface area contributed by atoms with Crippen LogP contribution in [-0.2, 0) is 21.0 Å². The predicted molar refractivity (Wildman–Crippen MR) is 80.8 cm³/mol. The van der Waals surface area contributed by atoms with Gasteiger partial charge in [0.1, 0.15) is 0 Å². The van der Waals surface area contributed by atoms with Gasteiger partial charge in [0.05, 0.1) is 23.1 Å². The molecule has 20 heavy (non-hydrogen) atoms. The second kappa shape index (κ2) is 7.49. The van der Waals surface area contributed by atoms with Crippen molar-refractivity contribution in [1.82, 2.24) is 10.3 Å². The van der Waals surface area contributed by atoms with Crippen molar-refractivity contribution in [3.8, 4) is 0 Å². The Morgan fingerprint density at radius 3 is 3.05 bits per heavy atom. The first-order valence-corrected chi connectivity index (χ1v) is 9.59. The van der Waals surface area contributed by atoms with Crippen molar-refractivity contribution in [2.75, 3.05) is 38.3 Å². The average Bonchev–Trinajstić information content (AvgIpc) is 3.02. The SMILES string of the molecule is COCCNCC(Cc1nccs1)C1CCS(=O)(=O)C1. The summed E-state index contributed by atoms with van der Waals surface area (Å²) in [6.45, 7) is 2.29. The van der Waals surface area contributed by atoms with Gasteiger partial charge < -0.3 is 10.1 Å². The van der Waals surface area contributed by atoms with Crippen LogP contribution < -0.4 is 5.32 Å². The molecular formula is C13H22N2O3S2. The summed E-state index contributed by atoms with van der Waals surface area (Å²) in [7, 11) is -1.15. The van der Waals surface area contributed by atoms with E-state index < -0.39 is 9.84 Å². The molecule has 1 fully saturated rings. The van der Waals surface area contributed by atoms with Gasteiger partial charge in [-0.2, -0.15) is 0 Å². The number of methoxy groups -OCH3 is 1. The molecule has 0 bridgehead atoms. The van der Waals surface area contributed by atoms with E-state index in [0.717, 1.165) is 30.9 Å². The zero-order chi connectivity index (χ0) is 14.4. The van der Waals surface area contributed by atoms with Crippen LogP contribution in [0.2, 0.25) is 0 Å². The molecule has 1 aliphatic rings. The molecule has 1 aromatic rings. The first-order chi connectivity index (χ1) is 9.61. The van der Waals surface area contributed by atoms with E-state index in [-0.39, 0.29) is 5.92 Å². The van der Waals surface area contributed by atoms with E-state index in [2.05, 4.69) is 10.3 Å². The summed E-state index contributed by atoms with van der Waals surface area (Å²) in [6, 6.07) is 0. The lowest BCUT2D eigenvalue weighted by molar-refractivity contribution is 0.195. The molecule has 2 unspecified atom stereocenters. The fraction of sp³-hybridized carbons (Fsp3) is 0.769. The topological polar surface area (TPSA) is 68.3 Å². The minimum absolute atomic E-state index is 0.249. The van der Waals surface area contributed by atoms with Gasteiger partial charge in [0.25, 0.3) is 0 Å². The van der Waals surface area contributed by atoms with Gasteiger partial charge >= 0.3 is 0 Å². The smallest absolute Gasteiger partial charge is 0.150 e. The monoisotopic (exact) mass is 318 g/mol. The first-order valence-electron chi connectivity index (χ1n) is 6.89. The molecule has 0 spiro atoms. The maximum Gasteiger partial charge on any atom is 0.150 e. The van der Waals surface area contributed by atoms with Crippen LogP contribution >= 0.6 is 11.3 Å². The highest BCUT2D eigenvalue weighted by atomic mass is 32.2. The summed E-state index contributed by atoms with van der Waals surface area (Å²) in [5.41, 5.74) is 0. The van der Waals surface area contributed by atoms with Gasteiger partial charge in [-0.1, -0.05) is 0 Å². The van der Waals surface area contributed by atoms with Crippen LogP contribution in [0.25, 0.3) is 0 Å². The van der Waals surface area contributed by atoms with Crippen molar-refractivity contribution < 1.29 is 13.2 Å². The number of rotatable bonds is 8. The molecule has 7 heteroatoms. The standard InChI is InChI=1S/C13H22N2O3S2/c1-18-5-3-14-9-12(8-13-15-4-6-19-13)11-2-7-20(16,17)10-11/h4,6,11-12,14H,2-3,5,7-10H2,1H3. The molecule has 114 valence electrons. The molecule has 0 radical (unpaired) electrons. The van der Waals surface area contributed by atoms with Crippen molar-refractivity contribution in [3.63, 3.8) is 0 Å². The van der Waals surface area contributed by atoms with Crippen molar-refractivity contribution in [3.05, 3.63) is 16.6 Å². The molecule has 0 saturated carbocycles. The summed E-state index contributed by atoms with van der Waals surface area (Å²) in [5.74, 6) is 1.24. The van der Waals surface area contributed by atoms with Gasteiger partial charge in [0, 0.05) is 31.7 Å². The van der Waals surface area contributed by atoms with Gasteiger partial charge in [0.2, 0.25) is 0 Å². The van der Waals surface area contributed by atoms with Crippen LogP contribution in [0.1, 0.15) is 11.4 Å². The Balaban J connectivity index is 1.92. The van der Waals surface area contributed by atoms with Gasteiger partial charge in [-0.25, -0.2) is 13.4 Å². The number of ether oxygens (including phenoxy) is 1. The molecule has 1 N–H and O–H groups in total. The van der Waals surface area contributed by atoms with E-state index in [1.54, 1.807) is 24.6 Å². The van der Waals surface area contributed by atoms with E-state index in [1.165, 1.54) is 0 Å². The highest BCUT2D eigenvalue weighted by molar-refractivity contribution is 7.91. The zero-order valence-electron chi connectivity index (χ0n) is 11.7. The van der Waals surface area contributed by atoms with E-state index in [9.17, 15) is 8.42 Å². The highest BCUT2D eigenvalue weighted by Crippen LogP contribution is 2.28. The third-order valence-corrected chi connectivity index (χ3v) is 6.34. The molecule has 1 aromatic heterocycles. The van der Waals surface area contributed by atoms with Crippen molar-refractivity contribution >= 4 is 21.2 Å². The van der Waals surface area contributed by atoms with Crippen LogP contribution in [0.5, 0.6) is 0 Å². The van der Waals surface area contributed by atoms with Gasteiger partial charge in [0.15, 0.2) is 9.84 Å². The van der Waals surface area contributed by atoms with E-state index in [1.807, 2.05) is 5.38 Å². The third kappa shape index (κ3) is 4.80. The molecule has 0 amide bonds. The minimum atomic E-state index is -2.82. The molecule has 1 aliphatic heterocycles. The maximum atomic E-state index is 11.7. The number of sulfone groups is 1. The third-order valence-electron chi connectivity index (χ3n) is 3.74. The summed E-state index contributed by atoms with van der Waals surface area (Å²) in [6.07, 6.45) is 3.45. The average molecular weight is 318 g/mol. The molecule has 1 saturated heterocycles. The molecular weight excluding hydrogens is 296 g/mol. The van der Waals surface area contributed by atoms with Crippen LogP contribution in [0, 0.1) is 11.8 Å². The number of hydrogen-bond acceptors (Lipinski definition) is 6. The lowest BCUT2D eigenvalue weighted by Crippen LogP contribution is -2.32. The minimum Gasteiger partial charge on any atom is -0.383 e. The molecule has 2 atom stereocenters. The van der Waals surface area contributed by atoms with Crippen molar-refractivity contribution in [2.45, 2.75) is 12.8 Å². The summed E-state index contributed by atoms with van der Waals surface area (Å²) in [4.78, 5) is 4.32. The quantitative estimate of drug-likeness (QED) is 0.724.